The number of hydrogen-bond acceptors (Lipinski definition) is 6. The molecule has 8 heteroatoms. The molecule has 0 saturated carbocycles. The number of esters is 1. The number of ether oxygens (including phenoxy) is 3. The number of unbranched alkanes of at least 4 members (excludes halogenated alkanes) is 2. The molecule has 152 valence electrons. The van der Waals surface area contributed by atoms with Crippen molar-refractivity contribution in [2.75, 3.05) is 27.9 Å². The average Bonchev–Trinajstić information content (AvgIpc) is 2.94. The predicted octanol–water partition coefficient (Wildman–Crippen LogP) is 2.13. The second-order valence-electron chi connectivity index (χ2n) is 6.98. The van der Waals surface area contributed by atoms with Crippen molar-refractivity contribution in [2.45, 2.75) is 44.7 Å². The lowest BCUT2D eigenvalue weighted by Crippen LogP contribution is -2.40. The van der Waals surface area contributed by atoms with E-state index in [0.717, 1.165) is 17.5 Å². The Bertz CT molecular complexity index is 727. The number of hydrogen-bond donors (Lipinski definition) is 0. The van der Waals surface area contributed by atoms with Gasteiger partial charge in [-0.15, -0.1) is 0 Å². The molecule has 2 aliphatic heterocycles. The van der Waals surface area contributed by atoms with Gasteiger partial charge in [0.25, 0.3) is 5.91 Å². The fraction of sp³-hybridized carbons (Fsp3) is 0.550. The second-order valence-corrected chi connectivity index (χ2v) is 6.98. The highest BCUT2D eigenvalue weighted by atomic mass is 16.5. The number of imide groups is 1. The van der Waals surface area contributed by atoms with Crippen LogP contribution in [-0.4, -0.2) is 61.6 Å². The molecule has 2 heterocycles. The van der Waals surface area contributed by atoms with Crippen LogP contribution in [0.15, 0.2) is 12.1 Å². The van der Waals surface area contributed by atoms with Crippen LogP contribution < -0.4 is 9.47 Å². The number of fused-ring (bicyclic) bond motifs is 2. The number of nitrogens with zero attached hydrogens (tertiary/aromatic N) is 2. The minimum absolute atomic E-state index is 0.154. The van der Waals surface area contributed by atoms with E-state index in [9.17, 15) is 14.4 Å². The third-order valence-corrected chi connectivity index (χ3v) is 5.35. The number of benzene rings is 1. The van der Waals surface area contributed by atoms with E-state index in [1.807, 2.05) is 12.1 Å². The van der Waals surface area contributed by atoms with E-state index in [2.05, 4.69) is 4.74 Å². The summed E-state index contributed by atoms with van der Waals surface area (Å²) in [6.07, 6.45) is 2.93. The number of rotatable bonds is 8. The molecule has 0 bridgehead atoms. The molecular formula is C20H26N2O6. The highest BCUT2D eigenvalue weighted by Crippen LogP contribution is 2.37. The second kappa shape index (κ2) is 8.50. The minimum atomic E-state index is -0.465. The van der Waals surface area contributed by atoms with Crippen molar-refractivity contribution in [1.82, 2.24) is 9.80 Å². The molecule has 3 amide bonds. The van der Waals surface area contributed by atoms with Crippen molar-refractivity contribution in [1.29, 1.82) is 0 Å². The molecule has 28 heavy (non-hydrogen) atoms. The first kappa shape index (κ1) is 20.0. The molecule has 1 aromatic carbocycles. The Balaban J connectivity index is 1.64. The molecule has 1 saturated heterocycles. The number of carbonyl (C=O) groups is 3. The molecule has 1 unspecified atom stereocenters. The van der Waals surface area contributed by atoms with Gasteiger partial charge in [-0.05, 0) is 36.1 Å². The van der Waals surface area contributed by atoms with Crippen molar-refractivity contribution in [3.63, 3.8) is 0 Å². The van der Waals surface area contributed by atoms with Crippen LogP contribution in [0.1, 0.15) is 36.8 Å². The van der Waals surface area contributed by atoms with Crippen LogP contribution in [0.2, 0.25) is 0 Å². The van der Waals surface area contributed by atoms with Gasteiger partial charge in [-0.25, -0.2) is 4.79 Å². The lowest BCUT2D eigenvalue weighted by atomic mass is 9.94. The monoisotopic (exact) mass is 390 g/mol. The molecule has 0 radical (unpaired) electrons. The molecule has 0 aliphatic carbocycles. The van der Waals surface area contributed by atoms with E-state index >= 15 is 0 Å². The molecular weight excluding hydrogens is 364 g/mol. The summed E-state index contributed by atoms with van der Waals surface area (Å²) in [6, 6.07) is 3.05. The zero-order valence-corrected chi connectivity index (χ0v) is 16.5. The third-order valence-electron chi connectivity index (χ3n) is 5.35. The van der Waals surface area contributed by atoms with Gasteiger partial charge < -0.3 is 19.1 Å². The number of amides is 3. The summed E-state index contributed by atoms with van der Waals surface area (Å²) < 4.78 is 15.3. The van der Waals surface area contributed by atoms with Crippen LogP contribution in [-0.2, 0) is 27.3 Å². The molecule has 1 aromatic rings. The van der Waals surface area contributed by atoms with Gasteiger partial charge >= 0.3 is 12.0 Å². The Kier molecular flexibility index (Phi) is 6.06. The smallest absolute Gasteiger partial charge is 0.327 e. The minimum Gasteiger partial charge on any atom is -0.493 e. The van der Waals surface area contributed by atoms with Crippen LogP contribution in [0, 0.1) is 0 Å². The van der Waals surface area contributed by atoms with Crippen LogP contribution >= 0.6 is 0 Å². The fourth-order valence-electron chi connectivity index (χ4n) is 3.79. The summed E-state index contributed by atoms with van der Waals surface area (Å²) in [5.74, 6) is 0.835. The molecule has 2 aliphatic rings. The Morgan fingerprint density at radius 2 is 1.71 bits per heavy atom. The van der Waals surface area contributed by atoms with Gasteiger partial charge in [0.05, 0.1) is 21.3 Å². The van der Waals surface area contributed by atoms with Crippen molar-refractivity contribution in [3.8, 4) is 11.5 Å². The summed E-state index contributed by atoms with van der Waals surface area (Å²) in [4.78, 5) is 39.7. The molecule has 1 atom stereocenters. The largest absolute Gasteiger partial charge is 0.493 e. The normalized spacial score (nSPS) is 18.0. The summed E-state index contributed by atoms with van der Waals surface area (Å²) in [5, 5.41) is 0. The standard InChI is InChI=1S/C20H26N2O6/c1-26-16-10-13-9-15-19(24)21(8-6-4-5-7-18(23)28-3)20(25)22(15)12-14(13)11-17(16)27-2/h10-11,15H,4-9,12H2,1-3H3. The SMILES string of the molecule is COC(=O)CCCCCN1C(=O)C2Cc3cc(OC)c(OC)cc3CN2C1=O. The highest BCUT2D eigenvalue weighted by Gasteiger charge is 2.47. The number of urea groups is 1. The van der Waals surface area contributed by atoms with Crippen molar-refractivity contribution < 1.29 is 28.6 Å². The molecule has 0 aromatic heterocycles. The lowest BCUT2D eigenvalue weighted by Gasteiger charge is -2.29. The first-order chi connectivity index (χ1) is 13.5. The van der Waals surface area contributed by atoms with Gasteiger partial charge in [-0.1, -0.05) is 6.42 Å². The van der Waals surface area contributed by atoms with Gasteiger partial charge in [0, 0.05) is 25.9 Å². The predicted molar refractivity (Wildman–Crippen MR) is 100 cm³/mol. The number of methoxy groups -OCH3 is 3. The zero-order valence-electron chi connectivity index (χ0n) is 16.5. The molecule has 8 nitrogen and oxygen atoms in total. The molecule has 0 N–H and O–H groups in total. The van der Waals surface area contributed by atoms with Crippen LogP contribution in [0.5, 0.6) is 11.5 Å². The maximum atomic E-state index is 12.8. The maximum absolute atomic E-state index is 12.8. The Morgan fingerprint density at radius 1 is 1.04 bits per heavy atom. The van der Waals surface area contributed by atoms with E-state index in [0.29, 0.717) is 50.3 Å². The maximum Gasteiger partial charge on any atom is 0.327 e. The Morgan fingerprint density at radius 3 is 2.36 bits per heavy atom. The van der Waals surface area contributed by atoms with Crippen molar-refractivity contribution in [3.05, 3.63) is 23.3 Å². The highest BCUT2D eigenvalue weighted by molar-refractivity contribution is 6.04. The summed E-state index contributed by atoms with van der Waals surface area (Å²) in [7, 11) is 4.51. The topological polar surface area (TPSA) is 85.4 Å². The third kappa shape index (κ3) is 3.76. The molecule has 0 spiro atoms. The van der Waals surface area contributed by atoms with Gasteiger partial charge in [0.1, 0.15) is 6.04 Å². The molecule has 3 rings (SSSR count). The summed E-state index contributed by atoms with van der Waals surface area (Å²) in [6.45, 7) is 0.749. The van der Waals surface area contributed by atoms with E-state index in [1.165, 1.54) is 12.0 Å². The van der Waals surface area contributed by atoms with Gasteiger partial charge in [0.15, 0.2) is 11.5 Å². The lowest BCUT2D eigenvalue weighted by molar-refractivity contribution is -0.140. The van der Waals surface area contributed by atoms with Crippen molar-refractivity contribution >= 4 is 17.9 Å². The summed E-state index contributed by atoms with van der Waals surface area (Å²) in [5.41, 5.74) is 1.97. The Labute approximate surface area is 164 Å². The van der Waals surface area contributed by atoms with Gasteiger partial charge in [-0.2, -0.15) is 0 Å². The zero-order chi connectivity index (χ0) is 20.3. The quantitative estimate of drug-likeness (QED) is 0.384. The summed E-state index contributed by atoms with van der Waals surface area (Å²) >= 11 is 0. The first-order valence-electron chi connectivity index (χ1n) is 9.42. The molecule has 1 fully saturated rings. The van der Waals surface area contributed by atoms with Gasteiger partial charge in [0.2, 0.25) is 0 Å². The van der Waals surface area contributed by atoms with Gasteiger partial charge in [-0.3, -0.25) is 14.5 Å². The Hall–Kier alpha value is -2.77. The van der Waals surface area contributed by atoms with E-state index in [4.69, 9.17) is 9.47 Å². The van der Waals surface area contributed by atoms with Crippen LogP contribution in [0.25, 0.3) is 0 Å². The van der Waals surface area contributed by atoms with E-state index < -0.39 is 6.04 Å². The van der Waals surface area contributed by atoms with Crippen molar-refractivity contribution in [2.24, 2.45) is 0 Å². The first-order valence-corrected chi connectivity index (χ1v) is 9.42. The van der Waals surface area contributed by atoms with E-state index in [-0.39, 0.29) is 17.9 Å². The van der Waals surface area contributed by atoms with E-state index in [1.54, 1.807) is 19.1 Å². The average molecular weight is 390 g/mol. The number of carbonyl (C=O) groups excluding carboxylic acids is 3. The fourth-order valence-corrected chi connectivity index (χ4v) is 3.79. The van der Waals surface area contributed by atoms with Crippen LogP contribution in [0.4, 0.5) is 4.79 Å². The van der Waals surface area contributed by atoms with Crippen LogP contribution in [0.3, 0.4) is 0 Å².